The van der Waals surface area contributed by atoms with E-state index in [2.05, 4.69) is 4.98 Å². The monoisotopic (exact) mass is 247 g/mol. The average molecular weight is 247 g/mol. The summed E-state index contributed by atoms with van der Waals surface area (Å²) in [6.07, 6.45) is 5.22. The fourth-order valence-electron chi connectivity index (χ4n) is 2.48. The molecule has 0 aromatic carbocycles. The third-order valence-electron chi connectivity index (χ3n) is 3.48. The second-order valence-corrected chi connectivity index (χ2v) is 5.04. The molecule has 0 amide bonds. The fraction of sp³-hybridized carbons (Fsp3) is 0.600. The molecule has 1 aromatic heterocycles. The molecule has 1 atom stereocenters. The number of ketones is 1. The summed E-state index contributed by atoms with van der Waals surface area (Å²) >= 11 is 0. The van der Waals surface area contributed by atoms with Crippen LogP contribution in [0.3, 0.4) is 0 Å². The van der Waals surface area contributed by atoms with E-state index in [1.165, 1.54) is 6.42 Å². The molecule has 0 spiro atoms. The summed E-state index contributed by atoms with van der Waals surface area (Å²) in [7, 11) is 0. The van der Waals surface area contributed by atoms with Crippen molar-refractivity contribution in [3.8, 4) is 0 Å². The van der Waals surface area contributed by atoms with E-state index >= 15 is 0 Å². The second-order valence-electron chi connectivity index (χ2n) is 5.04. The van der Waals surface area contributed by atoms with Crippen molar-refractivity contribution in [3.05, 3.63) is 29.1 Å². The lowest BCUT2D eigenvalue weighted by atomic mass is 10.0. The summed E-state index contributed by atoms with van der Waals surface area (Å²) < 4.78 is 5.56. The fourth-order valence-corrected chi connectivity index (χ4v) is 2.48. The van der Waals surface area contributed by atoms with Crippen LogP contribution >= 0.6 is 0 Å². The van der Waals surface area contributed by atoms with Crippen LogP contribution in [0.15, 0.2) is 12.1 Å². The highest BCUT2D eigenvalue weighted by Crippen LogP contribution is 2.19. The number of hydrogen-bond acceptors (Lipinski definition) is 3. The first-order valence-corrected chi connectivity index (χ1v) is 6.76. The average Bonchev–Trinajstić information content (AvgIpc) is 2.81. The van der Waals surface area contributed by atoms with Crippen LogP contribution in [0.2, 0.25) is 0 Å². The molecule has 1 aliphatic rings. The number of pyridine rings is 1. The van der Waals surface area contributed by atoms with Gasteiger partial charge in [-0.3, -0.25) is 9.78 Å². The minimum Gasteiger partial charge on any atom is -0.378 e. The molecular weight excluding hydrogens is 226 g/mol. The molecule has 0 bridgehead atoms. The zero-order valence-electron chi connectivity index (χ0n) is 11.2. The Labute approximate surface area is 109 Å². The van der Waals surface area contributed by atoms with Crippen molar-refractivity contribution in [2.45, 2.75) is 52.1 Å². The van der Waals surface area contributed by atoms with Crippen LogP contribution in [0.1, 0.15) is 53.8 Å². The third-order valence-corrected chi connectivity index (χ3v) is 3.48. The van der Waals surface area contributed by atoms with Gasteiger partial charge in [-0.25, -0.2) is 0 Å². The van der Waals surface area contributed by atoms with E-state index < -0.39 is 0 Å². The summed E-state index contributed by atoms with van der Waals surface area (Å²) in [4.78, 5) is 16.4. The van der Waals surface area contributed by atoms with Gasteiger partial charge < -0.3 is 4.74 Å². The number of ether oxygens (including phenoxy) is 1. The van der Waals surface area contributed by atoms with E-state index in [0.29, 0.717) is 12.5 Å². The molecular formula is C15H21NO2. The van der Waals surface area contributed by atoms with Gasteiger partial charge in [0.15, 0.2) is 5.78 Å². The van der Waals surface area contributed by atoms with Crippen molar-refractivity contribution in [2.24, 2.45) is 0 Å². The number of carbonyl (C=O) groups excluding carboxylic acids is 1. The molecule has 0 aliphatic carbocycles. The summed E-state index contributed by atoms with van der Waals surface area (Å²) in [5, 5.41) is 0. The Morgan fingerprint density at radius 2 is 2.28 bits per heavy atom. The summed E-state index contributed by atoms with van der Waals surface area (Å²) in [6, 6.07) is 3.80. The SMILES string of the molecule is Cc1ccc(C(=O)CCCC2CCCO2)c(C)n1. The van der Waals surface area contributed by atoms with E-state index in [-0.39, 0.29) is 5.78 Å². The quantitative estimate of drug-likeness (QED) is 0.750. The molecule has 1 saturated heterocycles. The van der Waals surface area contributed by atoms with Gasteiger partial charge in [-0.2, -0.15) is 0 Å². The number of rotatable bonds is 5. The van der Waals surface area contributed by atoms with Crippen molar-refractivity contribution < 1.29 is 9.53 Å². The van der Waals surface area contributed by atoms with Crippen LogP contribution in [0.25, 0.3) is 0 Å². The zero-order valence-corrected chi connectivity index (χ0v) is 11.2. The number of aromatic nitrogens is 1. The molecule has 1 unspecified atom stereocenters. The van der Waals surface area contributed by atoms with Gasteiger partial charge in [0.05, 0.1) is 6.10 Å². The van der Waals surface area contributed by atoms with Gasteiger partial charge in [-0.15, -0.1) is 0 Å². The highest BCUT2D eigenvalue weighted by atomic mass is 16.5. The van der Waals surface area contributed by atoms with Crippen LogP contribution in [0.4, 0.5) is 0 Å². The smallest absolute Gasteiger partial charge is 0.164 e. The van der Waals surface area contributed by atoms with Crippen LogP contribution in [0.5, 0.6) is 0 Å². The lowest BCUT2D eigenvalue weighted by molar-refractivity contribution is 0.0922. The molecule has 1 aliphatic heterocycles. The van der Waals surface area contributed by atoms with Crippen LogP contribution < -0.4 is 0 Å². The topological polar surface area (TPSA) is 39.2 Å². The zero-order chi connectivity index (χ0) is 13.0. The molecule has 3 heteroatoms. The Hall–Kier alpha value is -1.22. The summed E-state index contributed by atoms with van der Waals surface area (Å²) in [5.41, 5.74) is 2.58. The third kappa shape index (κ3) is 3.39. The molecule has 18 heavy (non-hydrogen) atoms. The summed E-state index contributed by atoms with van der Waals surface area (Å²) in [6.45, 7) is 4.73. The Bertz CT molecular complexity index is 423. The van der Waals surface area contributed by atoms with E-state index in [0.717, 1.165) is 42.8 Å². The van der Waals surface area contributed by atoms with E-state index in [1.807, 2.05) is 26.0 Å². The van der Waals surface area contributed by atoms with E-state index in [4.69, 9.17) is 4.74 Å². The Morgan fingerprint density at radius 1 is 1.44 bits per heavy atom. The largest absolute Gasteiger partial charge is 0.378 e. The molecule has 0 N–H and O–H groups in total. The number of hydrogen-bond donors (Lipinski definition) is 0. The van der Waals surface area contributed by atoms with Gasteiger partial charge in [-0.05, 0) is 51.7 Å². The molecule has 2 heterocycles. The maximum atomic E-state index is 12.1. The predicted molar refractivity (Wildman–Crippen MR) is 70.9 cm³/mol. The van der Waals surface area contributed by atoms with Crippen LogP contribution in [-0.4, -0.2) is 23.5 Å². The molecule has 0 radical (unpaired) electrons. The van der Waals surface area contributed by atoms with Crippen molar-refractivity contribution in [2.75, 3.05) is 6.61 Å². The molecule has 1 fully saturated rings. The highest BCUT2D eigenvalue weighted by molar-refractivity contribution is 5.96. The Morgan fingerprint density at radius 3 is 2.94 bits per heavy atom. The number of Topliss-reactive ketones (excluding diaryl/α,β-unsaturated/α-hetero) is 1. The Balaban J connectivity index is 1.83. The van der Waals surface area contributed by atoms with Crippen LogP contribution in [-0.2, 0) is 4.74 Å². The van der Waals surface area contributed by atoms with Gasteiger partial charge in [0.2, 0.25) is 0 Å². The van der Waals surface area contributed by atoms with Gasteiger partial charge in [0.25, 0.3) is 0 Å². The van der Waals surface area contributed by atoms with E-state index in [1.54, 1.807) is 0 Å². The summed E-state index contributed by atoms with van der Waals surface area (Å²) in [5.74, 6) is 0.206. The molecule has 0 saturated carbocycles. The lowest BCUT2D eigenvalue weighted by Crippen LogP contribution is -2.08. The van der Waals surface area contributed by atoms with Crippen LogP contribution in [0, 0.1) is 13.8 Å². The highest BCUT2D eigenvalue weighted by Gasteiger charge is 2.16. The van der Waals surface area contributed by atoms with Crippen molar-refractivity contribution >= 4 is 5.78 Å². The van der Waals surface area contributed by atoms with Gasteiger partial charge in [0.1, 0.15) is 0 Å². The normalized spacial score (nSPS) is 19.1. The molecule has 1 aromatic rings. The Kier molecular flexibility index (Phi) is 4.48. The van der Waals surface area contributed by atoms with Gasteiger partial charge in [0, 0.05) is 30.0 Å². The molecule has 98 valence electrons. The first-order chi connectivity index (χ1) is 8.66. The van der Waals surface area contributed by atoms with Crippen molar-refractivity contribution in [3.63, 3.8) is 0 Å². The second kappa shape index (κ2) is 6.10. The first-order valence-electron chi connectivity index (χ1n) is 6.76. The molecule has 3 nitrogen and oxygen atoms in total. The predicted octanol–water partition coefficient (Wildman–Crippen LogP) is 3.23. The number of aryl methyl sites for hydroxylation is 2. The lowest BCUT2D eigenvalue weighted by Gasteiger charge is -2.09. The minimum atomic E-state index is 0.206. The van der Waals surface area contributed by atoms with Gasteiger partial charge in [-0.1, -0.05) is 0 Å². The van der Waals surface area contributed by atoms with Gasteiger partial charge >= 0.3 is 0 Å². The first kappa shape index (κ1) is 13.2. The maximum Gasteiger partial charge on any atom is 0.164 e. The number of nitrogens with zero attached hydrogens (tertiary/aromatic N) is 1. The van der Waals surface area contributed by atoms with E-state index in [9.17, 15) is 4.79 Å². The van der Waals surface area contributed by atoms with Crippen molar-refractivity contribution in [1.82, 2.24) is 4.98 Å². The van der Waals surface area contributed by atoms with Crippen molar-refractivity contribution in [1.29, 1.82) is 0 Å². The minimum absolute atomic E-state index is 0.206. The number of carbonyl (C=O) groups is 1. The maximum absolute atomic E-state index is 12.1. The molecule has 2 rings (SSSR count). The standard InChI is InChI=1S/C15H21NO2/c1-11-8-9-14(12(2)16-11)15(17)7-3-5-13-6-4-10-18-13/h8-9,13H,3-7,10H2,1-2H3.